The lowest BCUT2D eigenvalue weighted by atomic mass is 10.0. The molecule has 0 aromatic carbocycles. The van der Waals surface area contributed by atoms with Crippen molar-refractivity contribution in [2.24, 2.45) is 5.92 Å². The number of allylic oxidation sites excluding steroid dienone is 4. The Morgan fingerprint density at radius 3 is 2.78 bits per heavy atom. The van der Waals surface area contributed by atoms with E-state index in [1.54, 1.807) is 19.1 Å². The number of alkyl halides is 1. The minimum absolute atomic E-state index is 0.156. The van der Waals surface area contributed by atoms with Crippen molar-refractivity contribution < 1.29 is 4.39 Å². The third kappa shape index (κ3) is 1.33. The van der Waals surface area contributed by atoms with Crippen LogP contribution in [0, 0.1) is 5.92 Å². The van der Waals surface area contributed by atoms with E-state index in [4.69, 9.17) is 11.6 Å². The van der Waals surface area contributed by atoms with Crippen LogP contribution in [-0.4, -0.2) is 6.17 Å². The third-order valence-corrected chi connectivity index (χ3v) is 1.93. The quantitative estimate of drug-likeness (QED) is 0.493. The monoisotopic (exact) mass is 146 g/mol. The molecule has 0 nitrogen and oxygen atoms in total. The Morgan fingerprint density at radius 2 is 2.33 bits per heavy atom. The first kappa shape index (κ1) is 6.81. The summed E-state index contributed by atoms with van der Waals surface area (Å²) in [7, 11) is 0. The van der Waals surface area contributed by atoms with Gasteiger partial charge in [-0.1, -0.05) is 30.7 Å². The summed E-state index contributed by atoms with van der Waals surface area (Å²) >= 11 is 5.63. The fourth-order valence-electron chi connectivity index (χ4n) is 0.724. The van der Waals surface area contributed by atoms with Gasteiger partial charge in [-0.2, -0.15) is 0 Å². The van der Waals surface area contributed by atoms with E-state index in [1.165, 1.54) is 6.08 Å². The van der Waals surface area contributed by atoms with Crippen LogP contribution < -0.4 is 0 Å². The molecule has 0 aliphatic heterocycles. The standard InChI is InChI=1S/C7H8ClF/c1-5-6(8)3-2-4-7(5)9/h2-5,7H,1H3. The molecule has 0 amide bonds. The Balaban J connectivity index is 2.73. The van der Waals surface area contributed by atoms with E-state index in [2.05, 4.69) is 0 Å². The van der Waals surface area contributed by atoms with Crippen molar-refractivity contribution in [2.45, 2.75) is 13.1 Å². The first-order chi connectivity index (χ1) is 4.22. The molecule has 0 heterocycles. The van der Waals surface area contributed by atoms with E-state index in [9.17, 15) is 4.39 Å². The molecule has 0 aromatic rings. The van der Waals surface area contributed by atoms with Gasteiger partial charge in [-0.3, -0.25) is 0 Å². The van der Waals surface area contributed by atoms with Crippen LogP contribution in [0.15, 0.2) is 23.3 Å². The molecule has 0 saturated heterocycles. The molecule has 0 fully saturated rings. The van der Waals surface area contributed by atoms with Gasteiger partial charge >= 0.3 is 0 Å². The van der Waals surface area contributed by atoms with Gasteiger partial charge in [-0.05, 0) is 6.08 Å². The van der Waals surface area contributed by atoms with Crippen LogP contribution in [-0.2, 0) is 0 Å². The van der Waals surface area contributed by atoms with Crippen molar-refractivity contribution in [3.8, 4) is 0 Å². The molecule has 0 bridgehead atoms. The predicted molar refractivity (Wildman–Crippen MR) is 37.1 cm³/mol. The second kappa shape index (κ2) is 2.53. The average Bonchev–Trinajstić information content (AvgIpc) is 1.83. The Hall–Kier alpha value is -0.300. The molecular formula is C7H8ClF. The SMILES string of the molecule is CC1C(Cl)=CC=CC1F. The van der Waals surface area contributed by atoms with Gasteiger partial charge in [-0.25, -0.2) is 4.39 Å². The van der Waals surface area contributed by atoms with Gasteiger partial charge in [0.15, 0.2) is 0 Å². The maximum atomic E-state index is 12.6. The molecule has 1 rings (SSSR count). The Morgan fingerprint density at radius 1 is 1.67 bits per heavy atom. The molecule has 0 N–H and O–H groups in total. The maximum Gasteiger partial charge on any atom is 0.126 e. The number of hydrogen-bond acceptors (Lipinski definition) is 0. The predicted octanol–water partition coefficient (Wildman–Crippen LogP) is 2.65. The van der Waals surface area contributed by atoms with Gasteiger partial charge in [0, 0.05) is 11.0 Å². The maximum absolute atomic E-state index is 12.6. The summed E-state index contributed by atoms with van der Waals surface area (Å²) in [6, 6.07) is 0. The van der Waals surface area contributed by atoms with Gasteiger partial charge in [-0.15, -0.1) is 0 Å². The van der Waals surface area contributed by atoms with Crippen molar-refractivity contribution in [2.75, 3.05) is 0 Å². The van der Waals surface area contributed by atoms with Crippen LogP contribution in [0.5, 0.6) is 0 Å². The zero-order valence-corrected chi connectivity index (χ0v) is 5.90. The smallest absolute Gasteiger partial charge is 0.126 e. The minimum atomic E-state index is -0.900. The highest BCUT2D eigenvalue weighted by Crippen LogP contribution is 2.25. The summed E-state index contributed by atoms with van der Waals surface area (Å²) in [6.45, 7) is 1.77. The largest absolute Gasteiger partial charge is 0.242 e. The van der Waals surface area contributed by atoms with Crippen LogP contribution in [0.2, 0.25) is 0 Å². The van der Waals surface area contributed by atoms with Crippen molar-refractivity contribution in [1.82, 2.24) is 0 Å². The molecule has 9 heavy (non-hydrogen) atoms. The second-order valence-electron chi connectivity index (χ2n) is 2.17. The topological polar surface area (TPSA) is 0 Å². The van der Waals surface area contributed by atoms with Crippen molar-refractivity contribution in [3.63, 3.8) is 0 Å². The van der Waals surface area contributed by atoms with E-state index in [-0.39, 0.29) is 5.92 Å². The van der Waals surface area contributed by atoms with Crippen molar-refractivity contribution in [3.05, 3.63) is 23.3 Å². The highest BCUT2D eigenvalue weighted by molar-refractivity contribution is 6.30. The number of hydrogen-bond donors (Lipinski definition) is 0. The molecule has 0 spiro atoms. The highest BCUT2D eigenvalue weighted by atomic mass is 35.5. The number of rotatable bonds is 0. The molecule has 50 valence electrons. The molecule has 0 saturated carbocycles. The van der Waals surface area contributed by atoms with E-state index >= 15 is 0 Å². The minimum Gasteiger partial charge on any atom is -0.242 e. The van der Waals surface area contributed by atoms with E-state index in [0.29, 0.717) is 5.03 Å². The van der Waals surface area contributed by atoms with Gasteiger partial charge < -0.3 is 0 Å². The molecule has 0 aromatic heterocycles. The summed E-state index contributed by atoms with van der Waals surface area (Å²) in [4.78, 5) is 0. The van der Waals surface area contributed by atoms with Gasteiger partial charge in [0.1, 0.15) is 6.17 Å². The molecule has 2 unspecified atom stereocenters. The Bertz CT molecular complexity index is 160. The molecule has 1 aliphatic carbocycles. The zero-order chi connectivity index (χ0) is 6.85. The van der Waals surface area contributed by atoms with Crippen LogP contribution in [0.1, 0.15) is 6.92 Å². The van der Waals surface area contributed by atoms with Gasteiger partial charge in [0.25, 0.3) is 0 Å². The zero-order valence-electron chi connectivity index (χ0n) is 5.14. The van der Waals surface area contributed by atoms with Gasteiger partial charge in [0.05, 0.1) is 0 Å². The highest BCUT2D eigenvalue weighted by Gasteiger charge is 2.17. The first-order valence-electron chi connectivity index (χ1n) is 2.90. The van der Waals surface area contributed by atoms with Crippen molar-refractivity contribution in [1.29, 1.82) is 0 Å². The third-order valence-electron chi connectivity index (χ3n) is 1.46. The molecule has 0 radical (unpaired) electrons. The lowest BCUT2D eigenvalue weighted by Gasteiger charge is -2.14. The normalized spacial score (nSPS) is 34.3. The summed E-state index contributed by atoms with van der Waals surface area (Å²) in [6.07, 6.45) is 3.98. The van der Waals surface area contributed by atoms with Crippen LogP contribution in [0.25, 0.3) is 0 Å². The Kier molecular flexibility index (Phi) is 1.91. The second-order valence-corrected chi connectivity index (χ2v) is 2.61. The van der Waals surface area contributed by atoms with E-state index in [1.807, 2.05) is 0 Å². The summed E-state index contributed by atoms with van der Waals surface area (Å²) in [5.74, 6) is -0.156. The Labute approximate surface area is 59.0 Å². The first-order valence-corrected chi connectivity index (χ1v) is 3.27. The van der Waals surface area contributed by atoms with E-state index < -0.39 is 6.17 Å². The van der Waals surface area contributed by atoms with Crippen LogP contribution >= 0.6 is 11.6 Å². The molecule has 1 aliphatic rings. The summed E-state index contributed by atoms with van der Waals surface area (Å²) in [5, 5.41) is 0.602. The van der Waals surface area contributed by atoms with Crippen molar-refractivity contribution >= 4 is 11.6 Å². The van der Waals surface area contributed by atoms with Gasteiger partial charge in [0.2, 0.25) is 0 Å². The lowest BCUT2D eigenvalue weighted by Crippen LogP contribution is -2.11. The fraction of sp³-hybridized carbons (Fsp3) is 0.429. The van der Waals surface area contributed by atoms with Crippen LogP contribution in [0.4, 0.5) is 4.39 Å². The summed E-state index contributed by atoms with van der Waals surface area (Å²) in [5.41, 5.74) is 0. The molecule has 2 heteroatoms. The summed E-state index contributed by atoms with van der Waals surface area (Å²) < 4.78 is 12.6. The van der Waals surface area contributed by atoms with E-state index in [0.717, 1.165) is 0 Å². The van der Waals surface area contributed by atoms with Crippen LogP contribution in [0.3, 0.4) is 0 Å². The fourth-order valence-corrected chi connectivity index (χ4v) is 0.917. The molecule has 2 atom stereocenters. The molecular weight excluding hydrogens is 139 g/mol. The lowest BCUT2D eigenvalue weighted by molar-refractivity contribution is 0.330. The average molecular weight is 147 g/mol. The number of halogens is 2.